The van der Waals surface area contributed by atoms with Crippen molar-refractivity contribution < 1.29 is 46.8 Å². The standard InChI is InChI=1S/C9H11Cl2N3O4S2.C8H8F3N3O4S2/c1-14-9(4-10)13-6-2-5(11)7(19(12,15)16)3-8(6)20(14,17)18;9-8(10,11)4-1-5-7(2-6(4)19(12,15)16)20(17,18)14-3-13-5/h2-3,9,13H,4H2,1H3,(H2,12,15,16);1-2,13-14H,3H2,(H2,12,15,16). The van der Waals surface area contributed by atoms with Crippen molar-refractivity contribution in [3.05, 3.63) is 34.9 Å². The van der Waals surface area contributed by atoms with Gasteiger partial charge in [-0.1, -0.05) is 11.6 Å². The van der Waals surface area contributed by atoms with Crippen molar-refractivity contribution in [2.24, 2.45) is 10.3 Å². The van der Waals surface area contributed by atoms with E-state index in [1.807, 2.05) is 4.72 Å². The van der Waals surface area contributed by atoms with Crippen LogP contribution >= 0.6 is 23.2 Å². The quantitative estimate of drug-likeness (QED) is 0.282. The first-order valence-electron chi connectivity index (χ1n) is 10.2. The predicted octanol–water partition coefficient (Wildman–Crippen LogP) is 0.612. The third kappa shape index (κ3) is 6.42. The van der Waals surface area contributed by atoms with Crippen molar-refractivity contribution in [1.29, 1.82) is 0 Å². The molecular formula is C17H19Cl2F3N6O8S4. The van der Waals surface area contributed by atoms with Gasteiger partial charge >= 0.3 is 6.18 Å². The molecule has 2 aliphatic rings. The fourth-order valence-electron chi connectivity index (χ4n) is 3.49. The first kappa shape index (κ1) is 32.6. The van der Waals surface area contributed by atoms with Gasteiger partial charge in [0.2, 0.25) is 40.1 Å². The molecule has 0 spiro atoms. The van der Waals surface area contributed by atoms with Gasteiger partial charge < -0.3 is 10.6 Å². The fraction of sp³-hybridized carbons (Fsp3) is 0.294. The third-order valence-electron chi connectivity index (χ3n) is 5.43. The molecule has 0 saturated carbocycles. The number of fused-ring (bicyclic) bond motifs is 2. The second kappa shape index (κ2) is 10.7. The van der Waals surface area contributed by atoms with Gasteiger partial charge in [0.1, 0.15) is 20.9 Å². The summed E-state index contributed by atoms with van der Waals surface area (Å²) in [5, 5.41) is 14.8. The second-order valence-corrected chi connectivity index (χ2v) is 15.5. The molecule has 2 heterocycles. The van der Waals surface area contributed by atoms with Gasteiger partial charge in [-0.15, -0.1) is 11.6 Å². The number of halogens is 5. The van der Waals surface area contributed by atoms with Crippen LogP contribution in [0.2, 0.25) is 5.02 Å². The SMILES string of the molecule is CN1C(CCl)Nc2cc(Cl)c(S(N)(=O)=O)cc2S1(=O)=O.NS(=O)(=O)c1cc2c(cc1C(F)(F)F)NCNS2(=O)=O. The lowest BCUT2D eigenvalue weighted by molar-refractivity contribution is -0.139. The number of benzene rings is 2. The number of nitrogens with zero attached hydrogens (tertiary/aromatic N) is 1. The number of alkyl halides is 4. The molecule has 2 aromatic carbocycles. The van der Waals surface area contributed by atoms with Gasteiger partial charge in [-0.2, -0.15) is 22.2 Å². The van der Waals surface area contributed by atoms with E-state index in [0.717, 1.165) is 10.4 Å². The van der Waals surface area contributed by atoms with Gasteiger partial charge in [0.05, 0.1) is 39.4 Å². The van der Waals surface area contributed by atoms with Crippen LogP contribution < -0.4 is 25.6 Å². The first-order valence-corrected chi connectivity index (χ1v) is 17.1. The normalized spacial score (nSPS) is 20.1. The molecule has 2 aromatic rings. The Morgan fingerprint density at radius 1 is 0.975 bits per heavy atom. The number of sulfonamides is 4. The van der Waals surface area contributed by atoms with E-state index < -0.39 is 72.7 Å². The average molecular weight is 692 g/mol. The van der Waals surface area contributed by atoms with Gasteiger partial charge in [0.25, 0.3) is 0 Å². The van der Waals surface area contributed by atoms with E-state index in [9.17, 15) is 46.8 Å². The van der Waals surface area contributed by atoms with Crippen LogP contribution in [0.15, 0.2) is 43.8 Å². The van der Waals surface area contributed by atoms with Crippen LogP contribution in [0.25, 0.3) is 0 Å². The van der Waals surface area contributed by atoms with Gasteiger partial charge in [-0.3, -0.25) is 0 Å². The topological polar surface area (TPSA) is 228 Å². The maximum atomic E-state index is 12.8. The minimum atomic E-state index is -4.99. The fourth-order valence-corrected chi connectivity index (χ4v) is 8.41. The number of nitrogens with two attached hydrogens (primary N) is 2. The van der Waals surface area contributed by atoms with Crippen LogP contribution in [0.3, 0.4) is 0 Å². The maximum Gasteiger partial charge on any atom is 0.417 e. The monoisotopic (exact) mass is 690 g/mol. The molecule has 14 nitrogen and oxygen atoms in total. The number of anilines is 2. The van der Waals surface area contributed by atoms with E-state index in [2.05, 4.69) is 10.6 Å². The Morgan fingerprint density at radius 3 is 2.02 bits per heavy atom. The first-order chi connectivity index (χ1) is 18.0. The lowest BCUT2D eigenvalue weighted by atomic mass is 10.2. The average Bonchev–Trinajstić information content (AvgIpc) is 2.79. The van der Waals surface area contributed by atoms with E-state index >= 15 is 0 Å². The van der Waals surface area contributed by atoms with Crippen LogP contribution in [0.1, 0.15) is 5.56 Å². The molecule has 23 heteroatoms. The molecule has 0 radical (unpaired) electrons. The summed E-state index contributed by atoms with van der Waals surface area (Å²) in [4.78, 5) is -2.56. The predicted molar refractivity (Wildman–Crippen MR) is 138 cm³/mol. The van der Waals surface area contributed by atoms with Gasteiger partial charge in [0, 0.05) is 7.05 Å². The Labute approximate surface area is 237 Å². The molecule has 40 heavy (non-hydrogen) atoms. The van der Waals surface area contributed by atoms with E-state index in [1.54, 1.807) is 0 Å². The van der Waals surface area contributed by atoms with Crippen LogP contribution in [0.4, 0.5) is 24.5 Å². The summed E-state index contributed by atoms with van der Waals surface area (Å²) in [5.74, 6) is 0.0176. The van der Waals surface area contributed by atoms with Crippen LogP contribution in [0, 0.1) is 0 Å². The number of primary sulfonamides is 2. The zero-order chi connectivity index (χ0) is 30.6. The Bertz CT molecular complexity index is 1800. The smallest absolute Gasteiger partial charge is 0.370 e. The molecule has 1 unspecified atom stereocenters. The zero-order valence-corrected chi connectivity index (χ0v) is 24.5. The summed E-state index contributed by atoms with van der Waals surface area (Å²) < 4.78 is 135. The Hall–Kier alpha value is -1.95. The number of hydrogen-bond acceptors (Lipinski definition) is 10. The van der Waals surface area contributed by atoms with Crippen molar-refractivity contribution >= 4 is 74.7 Å². The van der Waals surface area contributed by atoms with Crippen molar-refractivity contribution in [2.45, 2.75) is 31.9 Å². The number of hydrogen-bond donors (Lipinski definition) is 5. The van der Waals surface area contributed by atoms with Crippen LogP contribution in [-0.4, -0.2) is 63.7 Å². The zero-order valence-electron chi connectivity index (χ0n) is 19.7. The van der Waals surface area contributed by atoms with Crippen molar-refractivity contribution in [1.82, 2.24) is 9.03 Å². The highest BCUT2D eigenvalue weighted by Gasteiger charge is 2.40. The summed E-state index contributed by atoms with van der Waals surface area (Å²) in [6.45, 7) is -0.304. The molecule has 4 rings (SSSR count). The van der Waals surface area contributed by atoms with Crippen LogP contribution in [-0.2, 0) is 46.3 Å². The summed E-state index contributed by atoms with van der Waals surface area (Å²) in [6, 6.07) is 2.95. The summed E-state index contributed by atoms with van der Waals surface area (Å²) in [7, 11) is -15.5. The van der Waals surface area contributed by atoms with E-state index in [4.69, 9.17) is 33.5 Å². The third-order valence-corrected chi connectivity index (χ3v) is 11.4. The lowest BCUT2D eigenvalue weighted by Crippen LogP contribution is -2.47. The van der Waals surface area contributed by atoms with Crippen molar-refractivity contribution in [3.8, 4) is 0 Å². The van der Waals surface area contributed by atoms with Gasteiger partial charge in [0.15, 0.2) is 0 Å². The molecule has 0 aromatic heterocycles. The minimum absolute atomic E-state index is 0.0176. The lowest BCUT2D eigenvalue weighted by Gasteiger charge is -2.33. The summed E-state index contributed by atoms with van der Waals surface area (Å²) in [6.07, 6.45) is -5.64. The van der Waals surface area contributed by atoms with Crippen molar-refractivity contribution in [2.75, 3.05) is 30.2 Å². The molecular weight excluding hydrogens is 672 g/mol. The molecule has 0 bridgehead atoms. The maximum absolute atomic E-state index is 12.8. The van der Waals surface area contributed by atoms with E-state index in [1.165, 1.54) is 13.1 Å². The molecule has 0 amide bonds. The van der Waals surface area contributed by atoms with E-state index in [0.29, 0.717) is 12.1 Å². The second-order valence-electron chi connectivity index (χ2n) is 8.05. The summed E-state index contributed by atoms with van der Waals surface area (Å²) in [5.41, 5.74) is -1.68. The van der Waals surface area contributed by atoms with Gasteiger partial charge in [-0.25, -0.2) is 43.9 Å². The molecule has 0 saturated heterocycles. The highest BCUT2D eigenvalue weighted by molar-refractivity contribution is 7.90. The minimum Gasteiger partial charge on any atom is -0.370 e. The molecule has 0 fully saturated rings. The molecule has 224 valence electrons. The molecule has 0 aliphatic carbocycles. The molecule has 7 N–H and O–H groups in total. The van der Waals surface area contributed by atoms with Crippen molar-refractivity contribution in [3.63, 3.8) is 0 Å². The van der Waals surface area contributed by atoms with Crippen LogP contribution in [0.5, 0.6) is 0 Å². The summed E-state index contributed by atoms with van der Waals surface area (Å²) >= 11 is 11.5. The highest BCUT2D eigenvalue weighted by atomic mass is 35.5. The highest BCUT2D eigenvalue weighted by Crippen LogP contribution is 2.39. The number of rotatable bonds is 3. The van der Waals surface area contributed by atoms with Gasteiger partial charge in [-0.05, 0) is 24.3 Å². The molecule has 1 atom stereocenters. The Balaban J connectivity index is 0.000000220. The largest absolute Gasteiger partial charge is 0.417 e. The number of nitrogens with one attached hydrogen (secondary N) is 3. The van der Waals surface area contributed by atoms with E-state index in [-0.39, 0.29) is 33.8 Å². The Morgan fingerprint density at radius 2 is 1.52 bits per heavy atom. The Kier molecular flexibility index (Phi) is 8.72. The molecule has 2 aliphatic heterocycles.